The topological polar surface area (TPSA) is 55.2 Å². The fraction of sp³-hybridized carbons (Fsp3) is 0.438. The second-order valence-corrected chi connectivity index (χ2v) is 6.60. The van der Waals surface area contributed by atoms with Gasteiger partial charge in [-0.15, -0.1) is 0 Å². The summed E-state index contributed by atoms with van der Waals surface area (Å²) in [5.41, 5.74) is 0.757. The van der Waals surface area contributed by atoms with Crippen molar-refractivity contribution in [1.29, 1.82) is 0 Å². The predicted molar refractivity (Wildman–Crippen MR) is 76.8 cm³/mol. The van der Waals surface area contributed by atoms with Crippen molar-refractivity contribution in [2.24, 2.45) is 11.3 Å². The maximum atomic E-state index is 12.5. The van der Waals surface area contributed by atoms with Crippen LogP contribution in [0.5, 0.6) is 0 Å². The molecule has 5 rings (SSSR count). The third-order valence-electron chi connectivity index (χ3n) is 5.34. The monoisotopic (exact) mass is 281 g/mol. The van der Waals surface area contributed by atoms with Crippen LogP contribution in [0.1, 0.15) is 18.9 Å². The number of carbonyl (C=O) groups is 1. The Morgan fingerprint density at radius 2 is 1.95 bits per heavy atom. The molecule has 5 nitrogen and oxygen atoms in total. The molecule has 1 amide bonds. The summed E-state index contributed by atoms with van der Waals surface area (Å²) in [5, 5.41) is 0.646. The average Bonchev–Trinajstić information content (AvgIpc) is 3.29. The van der Waals surface area contributed by atoms with E-state index in [1.807, 2.05) is 23.1 Å². The van der Waals surface area contributed by atoms with Gasteiger partial charge in [0.15, 0.2) is 0 Å². The van der Waals surface area contributed by atoms with Crippen molar-refractivity contribution in [3.05, 3.63) is 40.9 Å². The Balaban J connectivity index is 1.41. The van der Waals surface area contributed by atoms with Gasteiger partial charge in [-0.1, -0.05) is 12.1 Å². The number of para-hydroxylation sites is 1. The van der Waals surface area contributed by atoms with E-state index in [1.54, 1.807) is 17.0 Å². The standard InChI is InChI=1S/C16H15N3O2/c20-14-12-3-1-2-4-13(12)17-9-19(14)11-7-18(8-11)15(21)16-5-10(16)6-16/h1-4,9-11H,5-8H2. The Labute approximate surface area is 121 Å². The Hall–Kier alpha value is -2.17. The van der Waals surface area contributed by atoms with Crippen molar-refractivity contribution in [3.63, 3.8) is 0 Å². The molecule has 0 unspecified atom stereocenters. The van der Waals surface area contributed by atoms with Gasteiger partial charge >= 0.3 is 0 Å². The van der Waals surface area contributed by atoms with Crippen molar-refractivity contribution in [3.8, 4) is 0 Å². The van der Waals surface area contributed by atoms with E-state index in [2.05, 4.69) is 4.98 Å². The molecule has 106 valence electrons. The van der Waals surface area contributed by atoms with Crippen molar-refractivity contribution in [2.45, 2.75) is 18.9 Å². The number of nitrogens with zero attached hydrogens (tertiary/aromatic N) is 3. The lowest BCUT2D eigenvalue weighted by molar-refractivity contribution is -0.140. The smallest absolute Gasteiger partial charge is 0.261 e. The quantitative estimate of drug-likeness (QED) is 0.831. The van der Waals surface area contributed by atoms with E-state index < -0.39 is 0 Å². The highest BCUT2D eigenvalue weighted by Gasteiger charge is 2.75. The lowest BCUT2D eigenvalue weighted by Gasteiger charge is -2.40. The first-order valence-corrected chi connectivity index (χ1v) is 7.44. The summed E-state index contributed by atoms with van der Waals surface area (Å²) in [6.07, 6.45) is 3.79. The Morgan fingerprint density at radius 3 is 2.67 bits per heavy atom. The van der Waals surface area contributed by atoms with Crippen LogP contribution in [0.15, 0.2) is 35.4 Å². The molecule has 2 aromatic rings. The summed E-state index contributed by atoms with van der Waals surface area (Å²) < 4.78 is 1.68. The molecule has 0 N–H and O–H groups in total. The zero-order valence-electron chi connectivity index (χ0n) is 11.5. The molecule has 3 fully saturated rings. The number of likely N-dealkylation sites (tertiary alicyclic amines) is 1. The van der Waals surface area contributed by atoms with Crippen molar-refractivity contribution >= 4 is 16.8 Å². The van der Waals surface area contributed by atoms with Gasteiger partial charge in [0.2, 0.25) is 5.91 Å². The number of hydrogen-bond donors (Lipinski definition) is 0. The Morgan fingerprint density at radius 1 is 1.24 bits per heavy atom. The van der Waals surface area contributed by atoms with E-state index >= 15 is 0 Å². The molecule has 2 aliphatic carbocycles. The molecule has 1 saturated heterocycles. The maximum Gasteiger partial charge on any atom is 0.261 e. The lowest BCUT2D eigenvalue weighted by atomic mass is 10.1. The Bertz CT molecular complexity index is 829. The molecular formula is C16H15N3O2. The van der Waals surface area contributed by atoms with Gasteiger partial charge in [0.25, 0.3) is 5.56 Å². The summed E-state index contributed by atoms with van der Waals surface area (Å²) in [6.45, 7) is 1.29. The first-order valence-electron chi connectivity index (χ1n) is 7.44. The number of carbonyl (C=O) groups excluding carboxylic acids is 1. The molecule has 5 heteroatoms. The molecule has 1 aromatic heterocycles. The van der Waals surface area contributed by atoms with Crippen molar-refractivity contribution in [1.82, 2.24) is 14.5 Å². The Kier molecular flexibility index (Phi) is 1.93. The van der Waals surface area contributed by atoms with E-state index in [0.717, 1.165) is 18.4 Å². The van der Waals surface area contributed by atoms with Crippen LogP contribution in [-0.4, -0.2) is 33.4 Å². The number of aromatic nitrogens is 2. The fourth-order valence-electron chi connectivity index (χ4n) is 3.51. The molecule has 1 aromatic carbocycles. The van der Waals surface area contributed by atoms with Crippen LogP contribution in [-0.2, 0) is 4.79 Å². The summed E-state index contributed by atoms with van der Waals surface area (Å²) in [6, 6.07) is 7.46. The number of fused-ring (bicyclic) bond motifs is 2. The van der Waals surface area contributed by atoms with E-state index in [1.165, 1.54) is 0 Å². The highest BCUT2D eigenvalue weighted by Crippen LogP contribution is 2.76. The highest BCUT2D eigenvalue weighted by molar-refractivity contribution is 5.90. The molecule has 21 heavy (non-hydrogen) atoms. The molecular weight excluding hydrogens is 266 g/mol. The molecule has 2 saturated carbocycles. The zero-order valence-corrected chi connectivity index (χ0v) is 11.5. The summed E-state index contributed by atoms with van der Waals surface area (Å²) in [5.74, 6) is 0.986. The number of benzene rings is 1. The molecule has 1 aliphatic heterocycles. The zero-order chi connectivity index (χ0) is 14.2. The van der Waals surface area contributed by atoms with Crippen LogP contribution in [0.4, 0.5) is 0 Å². The minimum absolute atomic E-state index is 0.00779. The van der Waals surface area contributed by atoms with Gasteiger partial charge in [0.1, 0.15) is 0 Å². The van der Waals surface area contributed by atoms with Crippen LogP contribution in [0, 0.1) is 11.3 Å². The summed E-state index contributed by atoms with van der Waals surface area (Å²) in [4.78, 5) is 31.0. The molecule has 0 spiro atoms. The first-order chi connectivity index (χ1) is 10.2. The van der Waals surface area contributed by atoms with Crippen molar-refractivity contribution < 1.29 is 4.79 Å². The lowest BCUT2D eigenvalue weighted by Crippen LogP contribution is -2.54. The minimum atomic E-state index is -0.00779. The van der Waals surface area contributed by atoms with Crippen LogP contribution < -0.4 is 5.56 Å². The highest BCUT2D eigenvalue weighted by atomic mass is 16.2. The third kappa shape index (κ3) is 1.43. The van der Waals surface area contributed by atoms with E-state index in [0.29, 0.717) is 30.3 Å². The number of rotatable bonds is 2. The van der Waals surface area contributed by atoms with Gasteiger partial charge in [-0.25, -0.2) is 4.98 Å². The van der Waals surface area contributed by atoms with E-state index in [9.17, 15) is 9.59 Å². The molecule has 0 radical (unpaired) electrons. The molecule has 2 heterocycles. The number of hydrogen-bond acceptors (Lipinski definition) is 3. The van der Waals surface area contributed by atoms with Gasteiger partial charge in [-0.3, -0.25) is 14.2 Å². The second kappa shape index (κ2) is 3.53. The van der Waals surface area contributed by atoms with Crippen LogP contribution in [0.2, 0.25) is 0 Å². The average molecular weight is 281 g/mol. The molecule has 3 aliphatic rings. The largest absolute Gasteiger partial charge is 0.338 e. The van der Waals surface area contributed by atoms with Gasteiger partial charge in [-0.05, 0) is 30.9 Å². The third-order valence-corrected chi connectivity index (χ3v) is 5.34. The van der Waals surface area contributed by atoms with E-state index in [4.69, 9.17) is 0 Å². The molecule has 0 atom stereocenters. The predicted octanol–water partition coefficient (Wildman–Crippen LogP) is 1.19. The van der Waals surface area contributed by atoms with E-state index in [-0.39, 0.29) is 17.0 Å². The van der Waals surface area contributed by atoms with Gasteiger partial charge in [0, 0.05) is 13.1 Å². The fourth-order valence-corrected chi connectivity index (χ4v) is 3.51. The van der Waals surface area contributed by atoms with Crippen LogP contribution in [0.25, 0.3) is 10.9 Å². The molecule has 0 bridgehead atoms. The maximum absolute atomic E-state index is 12.5. The number of amides is 1. The van der Waals surface area contributed by atoms with Crippen LogP contribution >= 0.6 is 0 Å². The summed E-state index contributed by atoms with van der Waals surface area (Å²) in [7, 11) is 0. The van der Waals surface area contributed by atoms with Crippen molar-refractivity contribution in [2.75, 3.05) is 13.1 Å². The van der Waals surface area contributed by atoms with Crippen LogP contribution in [0.3, 0.4) is 0 Å². The van der Waals surface area contributed by atoms with Gasteiger partial charge in [-0.2, -0.15) is 0 Å². The second-order valence-electron chi connectivity index (χ2n) is 6.60. The first kappa shape index (κ1) is 11.5. The SMILES string of the molecule is O=C(N1CC(n2cnc3ccccc3c2=O)C1)C12CC1C2. The van der Waals surface area contributed by atoms with Gasteiger partial charge in [0.05, 0.1) is 28.7 Å². The summed E-state index contributed by atoms with van der Waals surface area (Å²) >= 11 is 0. The van der Waals surface area contributed by atoms with Gasteiger partial charge < -0.3 is 4.90 Å². The normalized spacial score (nSPS) is 29.9. The minimum Gasteiger partial charge on any atom is -0.338 e.